The Morgan fingerprint density at radius 1 is 1.22 bits per heavy atom. The molecule has 4 rings (SSSR count). The first-order chi connectivity index (χ1) is 11.2. The quantitative estimate of drug-likeness (QED) is 0.605. The molecule has 7 heteroatoms. The minimum atomic E-state index is -1.21. The van der Waals surface area contributed by atoms with Crippen molar-refractivity contribution in [3.05, 3.63) is 66.0 Å². The van der Waals surface area contributed by atoms with Gasteiger partial charge in [-0.05, 0) is 12.1 Å². The first kappa shape index (κ1) is 14.2. The Morgan fingerprint density at radius 3 is 2.87 bits per heavy atom. The molecule has 0 saturated heterocycles. The molecule has 1 unspecified atom stereocenters. The van der Waals surface area contributed by atoms with Crippen LogP contribution < -0.4 is 0 Å². The summed E-state index contributed by atoms with van der Waals surface area (Å²) >= 11 is -0.0640. The van der Waals surface area contributed by atoms with Crippen molar-refractivity contribution >= 4 is 34.3 Å². The van der Waals surface area contributed by atoms with Crippen molar-refractivity contribution in [2.24, 2.45) is 0 Å². The lowest BCUT2D eigenvalue weighted by molar-refractivity contribution is 0.211. The van der Waals surface area contributed by atoms with E-state index in [0.29, 0.717) is 21.9 Å². The van der Waals surface area contributed by atoms with Crippen LogP contribution in [0.3, 0.4) is 0 Å². The summed E-state index contributed by atoms with van der Waals surface area (Å²) in [6.45, 7) is 0. The second-order valence-corrected chi connectivity index (χ2v) is 5.55. The molecule has 0 saturated carbocycles. The van der Waals surface area contributed by atoms with Gasteiger partial charge in [0.25, 0.3) is 0 Å². The number of hydrogen-bond acceptors (Lipinski definition) is 4. The maximum Gasteiger partial charge on any atom is 0.171 e. The van der Waals surface area contributed by atoms with Crippen LogP contribution in [0.2, 0.25) is 0 Å². The first-order valence-corrected chi connectivity index (χ1v) is 7.48. The minimum absolute atomic E-state index is 0.0637. The van der Waals surface area contributed by atoms with Crippen LogP contribution in [-0.2, 0) is 0 Å². The van der Waals surface area contributed by atoms with Crippen molar-refractivity contribution in [2.45, 2.75) is 6.10 Å². The highest BCUT2D eigenvalue weighted by Crippen LogP contribution is 2.37. The van der Waals surface area contributed by atoms with Gasteiger partial charge in [0.1, 0.15) is 11.7 Å². The highest BCUT2D eigenvalue weighted by Gasteiger charge is 2.23. The Bertz CT molecular complexity index is 1010. The highest BCUT2D eigenvalue weighted by molar-refractivity contribution is 7.92. The number of halogens is 2. The number of aromatic nitrogens is 2. The normalized spacial score (nSPS) is 13.0. The molecule has 0 spiro atoms. The van der Waals surface area contributed by atoms with E-state index < -0.39 is 11.9 Å². The van der Waals surface area contributed by atoms with Crippen molar-refractivity contribution in [3.8, 4) is 0 Å². The Labute approximate surface area is 133 Å². The summed E-state index contributed by atoms with van der Waals surface area (Å²) in [4.78, 5) is 3.98. The van der Waals surface area contributed by atoms with Gasteiger partial charge < -0.3 is 9.52 Å². The highest BCUT2D eigenvalue weighted by atomic mass is 32.2. The molecule has 2 aromatic heterocycles. The monoisotopic (exact) mass is 332 g/mol. The number of nitrogens with zero attached hydrogens (tertiary/aromatic N) is 2. The Hall–Kier alpha value is -2.38. The van der Waals surface area contributed by atoms with E-state index in [2.05, 4.69) is 4.98 Å². The molecular formula is C16H10F2N2O2S. The van der Waals surface area contributed by atoms with Crippen molar-refractivity contribution in [3.63, 3.8) is 0 Å². The Kier molecular flexibility index (Phi) is 3.32. The molecule has 1 atom stereocenters. The summed E-state index contributed by atoms with van der Waals surface area (Å²) in [6, 6.07) is 9.78. The second kappa shape index (κ2) is 5.36. The first-order valence-electron chi connectivity index (χ1n) is 6.80. The predicted molar refractivity (Wildman–Crippen MR) is 84.1 cm³/mol. The van der Waals surface area contributed by atoms with Crippen LogP contribution in [0.15, 0.2) is 53.2 Å². The number of imidazole rings is 1. The maximum atomic E-state index is 14.1. The van der Waals surface area contributed by atoms with Crippen LogP contribution in [0.1, 0.15) is 17.5 Å². The SMILES string of the molecule is OC(c1ccc(F)c2oc3ccccc3c12)c1nccn1SF. The molecule has 1 N–H and O–H groups in total. The van der Waals surface area contributed by atoms with Crippen LogP contribution >= 0.6 is 12.3 Å². The molecular weight excluding hydrogens is 322 g/mol. The summed E-state index contributed by atoms with van der Waals surface area (Å²) in [5.41, 5.74) is 0.992. The van der Waals surface area contributed by atoms with Gasteiger partial charge in [-0.3, -0.25) is 0 Å². The van der Waals surface area contributed by atoms with Crippen molar-refractivity contribution < 1.29 is 17.8 Å². The average Bonchev–Trinajstić information content (AvgIpc) is 3.19. The number of aliphatic hydroxyl groups excluding tert-OH is 1. The summed E-state index contributed by atoms with van der Waals surface area (Å²) in [7, 11) is 0. The summed E-state index contributed by atoms with van der Waals surface area (Å²) in [5.74, 6) is -0.397. The fraction of sp³-hybridized carbons (Fsp3) is 0.0625. The summed E-state index contributed by atoms with van der Waals surface area (Å²) < 4.78 is 33.7. The topological polar surface area (TPSA) is 51.2 Å². The van der Waals surface area contributed by atoms with Gasteiger partial charge in [-0.15, -0.1) is 3.89 Å². The largest absolute Gasteiger partial charge is 0.453 e. The zero-order valence-electron chi connectivity index (χ0n) is 11.6. The lowest BCUT2D eigenvalue weighted by Gasteiger charge is -2.12. The predicted octanol–water partition coefficient (Wildman–Crippen LogP) is 4.38. The molecule has 0 bridgehead atoms. The van der Waals surface area contributed by atoms with Crippen molar-refractivity contribution in [1.82, 2.24) is 8.96 Å². The van der Waals surface area contributed by atoms with E-state index in [0.717, 1.165) is 3.97 Å². The number of benzene rings is 2. The molecule has 0 amide bonds. The molecule has 0 aliphatic rings. The third-order valence-electron chi connectivity index (χ3n) is 3.76. The minimum Gasteiger partial charge on any atom is -0.453 e. The molecule has 23 heavy (non-hydrogen) atoms. The van der Waals surface area contributed by atoms with E-state index in [-0.39, 0.29) is 23.7 Å². The van der Waals surface area contributed by atoms with Crippen LogP contribution in [0.5, 0.6) is 0 Å². The van der Waals surface area contributed by atoms with Gasteiger partial charge in [-0.2, -0.15) is 0 Å². The van der Waals surface area contributed by atoms with Crippen LogP contribution in [0, 0.1) is 5.82 Å². The molecule has 2 aromatic carbocycles. The zero-order valence-corrected chi connectivity index (χ0v) is 12.4. The fourth-order valence-corrected chi connectivity index (χ4v) is 3.06. The number of furan rings is 1. The average molecular weight is 332 g/mol. The molecule has 0 fully saturated rings. The van der Waals surface area contributed by atoms with Crippen LogP contribution in [-0.4, -0.2) is 14.1 Å². The van der Waals surface area contributed by atoms with Crippen molar-refractivity contribution in [1.29, 1.82) is 0 Å². The van der Waals surface area contributed by atoms with E-state index >= 15 is 0 Å². The Balaban J connectivity index is 2.02. The van der Waals surface area contributed by atoms with Gasteiger partial charge in [0, 0.05) is 28.7 Å². The lowest BCUT2D eigenvalue weighted by Crippen LogP contribution is -2.06. The molecule has 4 aromatic rings. The van der Waals surface area contributed by atoms with Gasteiger partial charge in [0.15, 0.2) is 29.6 Å². The van der Waals surface area contributed by atoms with Gasteiger partial charge in [-0.1, -0.05) is 24.3 Å². The summed E-state index contributed by atoms with van der Waals surface area (Å²) in [5, 5.41) is 11.8. The van der Waals surface area contributed by atoms with Crippen LogP contribution in [0.4, 0.5) is 8.28 Å². The third kappa shape index (κ3) is 2.12. The molecule has 0 aliphatic heterocycles. The second-order valence-electron chi connectivity index (χ2n) is 5.02. The van der Waals surface area contributed by atoms with Gasteiger partial charge in [0.2, 0.25) is 0 Å². The Morgan fingerprint density at radius 2 is 2.04 bits per heavy atom. The molecule has 0 radical (unpaired) electrons. The standard InChI is InChI=1S/C16H10F2N2O2S/c17-11-6-5-10(14(21)16-19-7-8-20(16)23-18)13-9-3-1-2-4-12(9)22-15(11)13/h1-8,14,21H. The van der Waals surface area contributed by atoms with E-state index in [1.165, 1.54) is 24.5 Å². The number of aliphatic hydroxyl groups is 1. The molecule has 0 aliphatic carbocycles. The van der Waals surface area contributed by atoms with Crippen molar-refractivity contribution in [2.75, 3.05) is 0 Å². The molecule has 4 nitrogen and oxygen atoms in total. The van der Waals surface area contributed by atoms with Gasteiger partial charge in [-0.25, -0.2) is 13.3 Å². The summed E-state index contributed by atoms with van der Waals surface area (Å²) in [6.07, 6.45) is 1.58. The number of para-hydroxylation sites is 1. The third-order valence-corrected chi connectivity index (χ3v) is 4.22. The van der Waals surface area contributed by atoms with Crippen LogP contribution in [0.25, 0.3) is 21.9 Å². The van der Waals surface area contributed by atoms with E-state index in [9.17, 15) is 13.4 Å². The smallest absolute Gasteiger partial charge is 0.171 e. The fourth-order valence-electron chi connectivity index (χ4n) is 2.74. The lowest BCUT2D eigenvalue weighted by atomic mass is 10.0. The van der Waals surface area contributed by atoms with E-state index in [1.807, 2.05) is 0 Å². The number of fused-ring (bicyclic) bond motifs is 3. The van der Waals surface area contributed by atoms with Gasteiger partial charge in [0.05, 0.1) is 0 Å². The molecule has 2 heterocycles. The molecule has 116 valence electrons. The van der Waals surface area contributed by atoms with E-state index in [1.54, 1.807) is 24.3 Å². The number of hydrogen-bond donors (Lipinski definition) is 1. The van der Waals surface area contributed by atoms with Gasteiger partial charge >= 0.3 is 0 Å². The van der Waals surface area contributed by atoms with E-state index in [4.69, 9.17) is 4.42 Å². The zero-order chi connectivity index (χ0) is 16.0. The maximum absolute atomic E-state index is 14.1. The number of rotatable bonds is 3.